The molecule has 0 atom stereocenters. The van der Waals surface area contributed by atoms with Crippen molar-refractivity contribution in [2.75, 3.05) is 54.6 Å². The van der Waals surface area contributed by atoms with E-state index in [0.29, 0.717) is 13.2 Å². The summed E-state index contributed by atoms with van der Waals surface area (Å²) in [4.78, 5) is 27.9. The molecule has 0 spiro atoms. The number of hydrogen-bond donors (Lipinski definition) is 0. The fraction of sp³-hybridized carbons (Fsp3) is 0.818. The molecule has 0 unspecified atom stereocenters. The second-order valence-corrected chi connectivity index (χ2v) is 11.4. The Morgan fingerprint density at radius 1 is 0.564 bits per heavy atom. The second kappa shape index (κ2) is 25.3. The first-order valence-electron chi connectivity index (χ1n) is 15.7. The Hall–Kier alpha value is -1.66. The van der Waals surface area contributed by atoms with Gasteiger partial charge in [0.05, 0.1) is 6.61 Å². The van der Waals surface area contributed by atoms with Crippen LogP contribution in [-0.2, 0) is 19.1 Å². The Morgan fingerprint density at radius 3 is 1.44 bits per heavy atom. The molecule has 0 aliphatic carbocycles. The van der Waals surface area contributed by atoms with Crippen LogP contribution in [0.2, 0.25) is 0 Å². The highest BCUT2D eigenvalue weighted by atomic mass is 16.5. The van der Waals surface area contributed by atoms with Gasteiger partial charge in [-0.2, -0.15) is 0 Å². The van der Waals surface area contributed by atoms with Gasteiger partial charge < -0.3 is 19.3 Å². The van der Waals surface area contributed by atoms with Crippen LogP contribution in [0.1, 0.15) is 117 Å². The topological polar surface area (TPSA) is 59.1 Å². The summed E-state index contributed by atoms with van der Waals surface area (Å²) in [5, 5.41) is 0. The molecule has 0 heterocycles. The zero-order valence-electron chi connectivity index (χ0n) is 26.5. The van der Waals surface area contributed by atoms with Crippen LogP contribution in [0.25, 0.3) is 0 Å². The van der Waals surface area contributed by atoms with Gasteiger partial charge in [0.2, 0.25) is 11.8 Å². The third-order valence-corrected chi connectivity index (χ3v) is 7.08. The molecule has 0 aromatic heterocycles. The first-order valence-corrected chi connectivity index (χ1v) is 15.7. The van der Waals surface area contributed by atoms with Gasteiger partial charge in [-0.05, 0) is 25.7 Å². The Bertz CT molecular complexity index is 602. The molecular weight excluding hydrogens is 488 g/mol. The zero-order valence-corrected chi connectivity index (χ0v) is 26.5. The molecule has 0 bridgehead atoms. The number of amides is 2. The minimum atomic E-state index is -0.492. The van der Waals surface area contributed by atoms with E-state index in [9.17, 15) is 9.59 Å². The zero-order chi connectivity index (χ0) is 29.2. The first-order chi connectivity index (χ1) is 18.8. The van der Waals surface area contributed by atoms with Crippen LogP contribution < -0.4 is 0 Å². The Morgan fingerprint density at radius 2 is 0.949 bits per heavy atom. The predicted molar refractivity (Wildman–Crippen MR) is 165 cm³/mol. The maximum Gasteiger partial charge on any atom is 0.245 e. The van der Waals surface area contributed by atoms with Gasteiger partial charge in [-0.1, -0.05) is 103 Å². The number of nitrogens with zero attached hydrogens (tertiary/aromatic N) is 2. The van der Waals surface area contributed by atoms with Gasteiger partial charge in [0, 0.05) is 65.6 Å². The van der Waals surface area contributed by atoms with Crippen molar-refractivity contribution >= 4 is 11.8 Å². The molecule has 6 nitrogen and oxygen atoms in total. The van der Waals surface area contributed by atoms with Gasteiger partial charge in [-0.25, -0.2) is 0 Å². The summed E-state index contributed by atoms with van der Waals surface area (Å²) in [5.41, 5.74) is -0.492. The highest BCUT2D eigenvalue weighted by Crippen LogP contribution is 2.30. The van der Waals surface area contributed by atoms with Gasteiger partial charge in [0.1, 0.15) is 0 Å². The minimum absolute atomic E-state index is 0.0602. The van der Waals surface area contributed by atoms with Crippen molar-refractivity contribution in [2.24, 2.45) is 5.41 Å². The average molecular weight is 551 g/mol. The van der Waals surface area contributed by atoms with E-state index in [1.54, 1.807) is 50.1 Å². The summed E-state index contributed by atoms with van der Waals surface area (Å²) in [6.07, 6.45) is 26.0. The number of ether oxygens (including phenoxy) is 2. The molecule has 0 saturated carbocycles. The number of hydrogen-bond acceptors (Lipinski definition) is 4. The minimum Gasteiger partial charge on any atom is -0.381 e. The van der Waals surface area contributed by atoms with Crippen molar-refractivity contribution in [3.63, 3.8) is 0 Å². The van der Waals surface area contributed by atoms with Crippen LogP contribution in [0.3, 0.4) is 0 Å². The highest BCUT2D eigenvalue weighted by molar-refractivity contribution is 5.88. The lowest BCUT2D eigenvalue weighted by molar-refractivity contribution is -0.124. The van der Waals surface area contributed by atoms with Crippen molar-refractivity contribution in [1.29, 1.82) is 0 Å². The average Bonchev–Trinajstić information content (AvgIpc) is 2.91. The van der Waals surface area contributed by atoms with E-state index in [2.05, 4.69) is 13.8 Å². The van der Waals surface area contributed by atoms with Gasteiger partial charge in [-0.15, -0.1) is 0 Å². The lowest BCUT2D eigenvalue weighted by Gasteiger charge is -2.28. The van der Waals surface area contributed by atoms with Crippen LogP contribution in [0.5, 0.6) is 0 Å². The summed E-state index contributed by atoms with van der Waals surface area (Å²) < 4.78 is 11.9. The van der Waals surface area contributed by atoms with Crippen molar-refractivity contribution in [2.45, 2.75) is 117 Å². The lowest BCUT2D eigenvalue weighted by atomic mass is 9.82. The normalized spacial score (nSPS) is 12.1. The standard InChI is InChI=1S/C33H62N2O4/c1-7-9-11-12-13-14-16-21-29-39-30-33(25-22-31(36)34(3)4,26-23-32(37)35(5)6)24-18-15-17-20-28-38-27-19-10-8-2/h22-23,25-26H,7-21,24,27-30H2,1-6H3/b25-22+,26-23+. The number of rotatable bonds is 26. The Labute approximate surface area is 241 Å². The molecule has 0 N–H and O–H groups in total. The largest absolute Gasteiger partial charge is 0.381 e. The van der Waals surface area contributed by atoms with Gasteiger partial charge >= 0.3 is 0 Å². The molecule has 0 fully saturated rings. The molecular formula is C33H62N2O4. The molecule has 228 valence electrons. The monoisotopic (exact) mass is 550 g/mol. The molecule has 0 saturated heterocycles. The van der Waals surface area contributed by atoms with Gasteiger partial charge in [0.25, 0.3) is 0 Å². The molecule has 2 amide bonds. The van der Waals surface area contributed by atoms with Gasteiger partial charge in [-0.3, -0.25) is 9.59 Å². The fourth-order valence-corrected chi connectivity index (χ4v) is 4.33. The van der Waals surface area contributed by atoms with Crippen LogP contribution >= 0.6 is 0 Å². The highest BCUT2D eigenvalue weighted by Gasteiger charge is 2.25. The Kier molecular flexibility index (Phi) is 24.2. The molecule has 39 heavy (non-hydrogen) atoms. The molecule has 0 aliphatic heterocycles. The van der Waals surface area contributed by atoms with E-state index in [-0.39, 0.29) is 11.8 Å². The number of unbranched alkanes of at least 4 members (excludes halogenated alkanes) is 12. The maximum absolute atomic E-state index is 12.4. The lowest BCUT2D eigenvalue weighted by Crippen LogP contribution is -2.27. The van der Waals surface area contributed by atoms with Crippen molar-refractivity contribution in [3.8, 4) is 0 Å². The van der Waals surface area contributed by atoms with E-state index >= 15 is 0 Å². The summed E-state index contributed by atoms with van der Waals surface area (Å²) >= 11 is 0. The SMILES string of the molecule is CCCCCCCCCCOCC(/C=C/C(=O)N(C)C)(/C=C/C(=O)N(C)C)CCCCCCOCCCCC. The van der Waals surface area contributed by atoms with E-state index in [0.717, 1.165) is 58.2 Å². The number of carbonyl (C=O) groups is 2. The van der Waals surface area contributed by atoms with Crippen LogP contribution in [0.15, 0.2) is 24.3 Å². The fourth-order valence-electron chi connectivity index (χ4n) is 4.33. The third kappa shape index (κ3) is 21.8. The summed E-state index contributed by atoms with van der Waals surface area (Å²) in [5.74, 6) is -0.120. The smallest absolute Gasteiger partial charge is 0.245 e. The van der Waals surface area contributed by atoms with Crippen molar-refractivity contribution in [1.82, 2.24) is 9.80 Å². The van der Waals surface area contributed by atoms with Crippen LogP contribution in [-0.4, -0.2) is 76.2 Å². The maximum atomic E-state index is 12.4. The van der Waals surface area contributed by atoms with Crippen LogP contribution in [0, 0.1) is 5.41 Å². The van der Waals surface area contributed by atoms with E-state index in [1.165, 1.54) is 57.8 Å². The van der Waals surface area contributed by atoms with Gasteiger partial charge in [0.15, 0.2) is 0 Å². The van der Waals surface area contributed by atoms with E-state index in [1.807, 2.05) is 12.2 Å². The summed E-state index contributed by atoms with van der Waals surface area (Å²) in [6.45, 7) is 7.32. The first kappa shape index (κ1) is 37.3. The summed E-state index contributed by atoms with van der Waals surface area (Å²) in [7, 11) is 7.01. The predicted octanol–water partition coefficient (Wildman–Crippen LogP) is 7.58. The van der Waals surface area contributed by atoms with E-state index < -0.39 is 5.41 Å². The number of carbonyl (C=O) groups excluding carboxylic acids is 2. The molecule has 6 heteroatoms. The molecule has 0 aliphatic rings. The van der Waals surface area contributed by atoms with Crippen molar-refractivity contribution in [3.05, 3.63) is 24.3 Å². The molecule has 0 radical (unpaired) electrons. The molecule has 0 aromatic rings. The molecule has 0 aromatic carbocycles. The Balaban J connectivity index is 5.02. The number of likely N-dealkylation sites (N-methyl/N-ethyl adjacent to an activating group) is 2. The second-order valence-electron chi connectivity index (χ2n) is 11.4. The summed E-state index contributed by atoms with van der Waals surface area (Å²) in [6, 6.07) is 0. The quantitative estimate of drug-likeness (QED) is 0.0823. The van der Waals surface area contributed by atoms with E-state index in [4.69, 9.17) is 9.47 Å². The van der Waals surface area contributed by atoms with Crippen LogP contribution in [0.4, 0.5) is 0 Å². The van der Waals surface area contributed by atoms with Crippen molar-refractivity contribution < 1.29 is 19.1 Å². The molecule has 0 rings (SSSR count). The third-order valence-electron chi connectivity index (χ3n) is 7.08.